The zero-order valence-corrected chi connectivity index (χ0v) is 14.7. The molecule has 2 heteroatoms. The van der Waals surface area contributed by atoms with E-state index in [0.29, 0.717) is 17.3 Å². The van der Waals surface area contributed by atoms with Crippen LogP contribution in [0.5, 0.6) is 0 Å². The van der Waals surface area contributed by atoms with Gasteiger partial charge in [-0.05, 0) is 86.9 Å². The Kier molecular flexibility index (Phi) is 3.47. The number of terminal acetylenes is 1. The highest BCUT2D eigenvalue weighted by molar-refractivity contribution is 5.23. The van der Waals surface area contributed by atoms with E-state index >= 15 is 0 Å². The Hall–Kier alpha value is -0.520. The van der Waals surface area contributed by atoms with Crippen molar-refractivity contribution in [2.45, 2.75) is 83.3 Å². The number of fused-ring (bicyclic) bond motifs is 5. The van der Waals surface area contributed by atoms with Crippen LogP contribution in [0.25, 0.3) is 0 Å². The summed E-state index contributed by atoms with van der Waals surface area (Å²) in [5.41, 5.74) is -0.566. The number of aliphatic hydroxyl groups is 2. The molecule has 4 fully saturated rings. The van der Waals surface area contributed by atoms with Crippen molar-refractivity contribution in [3.05, 3.63) is 0 Å². The van der Waals surface area contributed by atoms with Crippen LogP contribution in [0.4, 0.5) is 0 Å². The van der Waals surface area contributed by atoms with Crippen molar-refractivity contribution in [2.75, 3.05) is 0 Å². The average molecular weight is 316 g/mol. The third-order valence-electron chi connectivity index (χ3n) is 9.03. The van der Waals surface area contributed by atoms with Crippen LogP contribution in [-0.2, 0) is 0 Å². The monoisotopic (exact) mass is 316 g/mol. The van der Waals surface area contributed by atoms with Gasteiger partial charge in [-0.25, -0.2) is 0 Å². The molecule has 8 atom stereocenters. The van der Waals surface area contributed by atoms with Gasteiger partial charge in [0.1, 0.15) is 5.60 Å². The Labute approximate surface area is 141 Å². The van der Waals surface area contributed by atoms with Crippen molar-refractivity contribution in [3.8, 4) is 12.3 Å². The molecule has 0 aromatic carbocycles. The molecule has 0 aromatic rings. The summed E-state index contributed by atoms with van der Waals surface area (Å²) in [4.78, 5) is 0. The predicted molar refractivity (Wildman–Crippen MR) is 91.5 cm³/mol. The summed E-state index contributed by atoms with van der Waals surface area (Å²) in [7, 11) is 0. The second-order valence-electron chi connectivity index (χ2n) is 9.58. The van der Waals surface area contributed by atoms with E-state index in [9.17, 15) is 10.2 Å². The van der Waals surface area contributed by atoms with E-state index in [0.717, 1.165) is 43.9 Å². The highest BCUT2D eigenvalue weighted by Gasteiger charge is 2.64. The van der Waals surface area contributed by atoms with E-state index in [1.807, 2.05) is 0 Å². The minimum absolute atomic E-state index is 0.0727. The minimum Gasteiger partial charge on any atom is -0.393 e. The molecule has 4 aliphatic rings. The molecule has 0 unspecified atom stereocenters. The quantitative estimate of drug-likeness (QED) is 0.668. The van der Waals surface area contributed by atoms with Gasteiger partial charge in [-0.2, -0.15) is 0 Å². The summed E-state index contributed by atoms with van der Waals surface area (Å²) in [6.07, 6.45) is 15.6. The van der Waals surface area contributed by atoms with Crippen molar-refractivity contribution in [2.24, 2.45) is 34.5 Å². The highest BCUT2D eigenvalue weighted by atomic mass is 16.3. The van der Waals surface area contributed by atoms with E-state index in [1.54, 1.807) is 0 Å². The zero-order chi connectivity index (χ0) is 16.5. The van der Waals surface area contributed by atoms with Gasteiger partial charge in [-0.3, -0.25) is 0 Å². The molecule has 2 nitrogen and oxygen atoms in total. The van der Waals surface area contributed by atoms with Gasteiger partial charge >= 0.3 is 0 Å². The maximum Gasteiger partial charge on any atom is 0.130 e. The predicted octanol–water partition coefficient (Wildman–Crippen LogP) is 3.75. The number of hydrogen-bond donors (Lipinski definition) is 2. The molecule has 0 radical (unpaired) electrons. The fraction of sp³-hybridized carbons (Fsp3) is 0.905. The van der Waals surface area contributed by atoms with Gasteiger partial charge < -0.3 is 10.2 Å². The molecule has 23 heavy (non-hydrogen) atoms. The van der Waals surface area contributed by atoms with E-state index in [2.05, 4.69) is 19.8 Å². The Morgan fingerprint density at radius 2 is 1.70 bits per heavy atom. The van der Waals surface area contributed by atoms with Crippen LogP contribution in [0.3, 0.4) is 0 Å². The van der Waals surface area contributed by atoms with Crippen LogP contribution >= 0.6 is 0 Å². The van der Waals surface area contributed by atoms with Crippen molar-refractivity contribution >= 4 is 0 Å². The molecule has 4 rings (SSSR count). The molecular formula is C21H32O2. The van der Waals surface area contributed by atoms with Gasteiger partial charge in [-0.15, -0.1) is 6.42 Å². The van der Waals surface area contributed by atoms with Gasteiger partial charge in [0.05, 0.1) is 6.10 Å². The van der Waals surface area contributed by atoms with E-state index in [-0.39, 0.29) is 11.5 Å². The zero-order valence-electron chi connectivity index (χ0n) is 14.7. The van der Waals surface area contributed by atoms with Gasteiger partial charge in [-0.1, -0.05) is 19.8 Å². The first-order chi connectivity index (χ1) is 10.8. The topological polar surface area (TPSA) is 40.5 Å². The first-order valence-corrected chi connectivity index (χ1v) is 9.72. The summed E-state index contributed by atoms with van der Waals surface area (Å²) in [5.74, 6) is 5.56. The van der Waals surface area contributed by atoms with Gasteiger partial charge in [0.25, 0.3) is 0 Å². The summed E-state index contributed by atoms with van der Waals surface area (Å²) in [6.45, 7) is 4.77. The first kappa shape index (κ1) is 16.0. The van der Waals surface area contributed by atoms with Gasteiger partial charge in [0.2, 0.25) is 0 Å². The lowest BCUT2D eigenvalue weighted by Crippen LogP contribution is -2.56. The van der Waals surface area contributed by atoms with Gasteiger partial charge in [0.15, 0.2) is 0 Å². The highest BCUT2D eigenvalue weighted by Crippen LogP contribution is 2.68. The fourth-order valence-corrected chi connectivity index (χ4v) is 7.49. The van der Waals surface area contributed by atoms with Crippen LogP contribution in [-0.4, -0.2) is 21.9 Å². The van der Waals surface area contributed by atoms with E-state index in [4.69, 9.17) is 6.42 Å². The van der Waals surface area contributed by atoms with E-state index in [1.165, 1.54) is 25.7 Å². The lowest BCUT2D eigenvalue weighted by atomic mass is 9.44. The Morgan fingerprint density at radius 1 is 0.957 bits per heavy atom. The second kappa shape index (κ2) is 4.99. The van der Waals surface area contributed by atoms with Crippen molar-refractivity contribution in [1.82, 2.24) is 0 Å². The standard InChI is InChI=1S/C21H32O2/c1-4-21(23)12-9-18-16-6-5-14-13-15(22)7-10-19(14,2)17(16)8-11-20(18,21)3/h1,14-18,22-23H,5-13H2,2-3H3/t14-,15+,16+,17-,18+,19+,20+,21-/m0/s1. The first-order valence-electron chi connectivity index (χ1n) is 9.72. The second-order valence-corrected chi connectivity index (χ2v) is 9.58. The fourth-order valence-electron chi connectivity index (χ4n) is 7.49. The normalized spacial score (nSPS) is 58.7. The van der Waals surface area contributed by atoms with Crippen LogP contribution in [0, 0.1) is 46.8 Å². The Balaban J connectivity index is 1.65. The lowest BCUT2D eigenvalue weighted by Gasteiger charge is -2.61. The molecule has 2 N–H and O–H groups in total. The SMILES string of the molecule is C#C[C@]1(O)CC[C@@H]2[C@@H]3CC[C@H]4C[C@H](O)CC[C@@]4(C)[C@H]3CC[C@]21C. The van der Waals surface area contributed by atoms with Crippen LogP contribution in [0.1, 0.15) is 71.6 Å². The Bertz CT molecular complexity index is 536. The molecule has 0 aliphatic heterocycles. The number of aliphatic hydroxyl groups excluding tert-OH is 1. The molecule has 0 spiro atoms. The van der Waals surface area contributed by atoms with Crippen molar-refractivity contribution in [1.29, 1.82) is 0 Å². The summed E-state index contributed by atoms with van der Waals surface area (Å²) in [5, 5.41) is 21.1. The molecular weight excluding hydrogens is 284 g/mol. The molecule has 128 valence electrons. The number of rotatable bonds is 0. The maximum absolute atomic E-state index is 11.0. The average Bonchev–Trinajstić information content (AvgIpc) is 2.80. The van der Waals surface area contributed by atoms with Crippen LogP contribution < -0.4 is 0 Å². The summed E-state index contributed by atoms with van der Waals surface area (Å²) < 4.78 is 0. The molecule has 0 heterocycles. The summed E-state index contributed by atoms with van der Waals surface area (Å²) >= 11 is 0. The molecule has 4 saturated carbocycles. The minimum atomic E-state index is -0.886. The van der Waals surface area contributed by atoms with Crippen LogP contribution in [0.15, 0.2) is 0 Å². The Morgan fingerprint density at radius 3 is 2.43 bits per heavy atom. The third kappa shape index (κ3) is 1.96. The largest absolute Gasteiger partial charge is 0.393 e. The third-order valence-corrected chi connectivity index (χ3v) is 9.03. The maximum atomic E-state index is 11.0. The molecule has 4 aliphatic carbocycles. The summed E-state index contributed by atoms with van der Waals surface area (Å²) in [6, 6.07) is 0. The smallest absolute Gasteiger partial charge is 0.130 e. The van der Waals surface area contributed by atoms with Crippen molar-refractivity contribution in [3.63, 3.8) is 0 Å². The molecule has 0 aromatic heterocycles. The van der Waals surface area contributed by atoms with Gasteiger partial charge in [0, 0.05) is 5.41 Å². The van der Waals surface area contributed by atoms with Crippen LogP contribution in [0.2, 0.25) is 0 Å². The molecule has 0 amide bonds. The lowest BCUT2D eigenvalue weighted by molar-refractivity contribution is -0.144. The number of hydrogen-bond acceptors (Lipinski definition) is 2. The van der Waals surface area contributed by atoms with E-state index < -0.39 is 5.60 Å². The molecule has 0 bridgehead atoms. The molecule has 0 saturated heterocycles. The van der Waals surface area contributed by atoms with Crippen molar-refractivity contribution < 1.29 is 10.2 Å².